The highest BCUT2D eigenvalue weighted by Gasteiger charge is 2.43. The molecule has 0 unspecified atom stereocenters. The second-order valence-electron chi connectivity index (χ2n) is 8.57. The van der Waals surface area contributed by atoms with Crippen LogP contribution in [-0.2, 0) is 42.9 Å². The molecule has 0 aliphatic carbocycles. The molecule has 1 fully saturated rings. The Hall–Kier alpha value is -3.24. The van der Waals surface area contributed by atoms with Gasteiger partial charge < -0.3 is 19.3 Å². The van der Waals surface area contributed by atoms with Crippen molar-refractivity contribution in [1.82, 2.24) is 14.8 Å². The number of fused-ring (bicyclic) bond motifs is 1. The summed E-state index contributed by atoms with van der Waals surface area (Å²) in [6, 6.07) is 9.52. The molecule has 1 saturated heterocycles. The van der Waals surface area contributed by atoms with E-state index in [1.165, 1.54) is 11.0 Å². The Kier molecular flexibility index (Phi) is 5.02. The topological polar surface area (TPSA) is 80.5 Å². The third-order valence-corrected chi connectivity index (χ3v) is 6.42. The van der Waals surface area contributed by atoms with Crippen LogP contribution >= 0.6 is 0 Å². The van der Waals surface area contributed by atoms with E-state index in [1.54, 1.807) is 18.5 Å². The van der Waals surface area contributed by atoms with E-state index in [0.29, 0.717) is 25.3 Å². The van der Waals surface area contributed by atoms with Gasteiger partial charge >= 0.3 is 6.18 Å². The smallest absolute Gasteiger partial charge is 0.392 e. The van der Waals surface area contributed by atoms with Gasteiger partial charge in [-0.15, -0.1) is 10.2 Å². The Morgan fingerprint density at radius 2 is 2.00 bits per heavy atom. The molecule has 2 aromatic carbocycles. The summed E-state index contributed by atoms with van der Waals surface area (Å²) in [5.74, 6) is 0.273. The molecule has 5 rings (SSSR count). The number of benzene rings is 2. The van der Waals surface area contributed by atoms with Crippen LogP contribution in [0.15, 0.2) is 42.7 Å². The number of carbonyl (C=O) groups excluding carboxylic acids is 1. The van der Waals surface area contributed by atoms with E-state index in [2.05, 4.69) is 10.2 Å². The fourth-order valence-electron chi connectivity index (χ4n) is 4.51. The fraction of sp³-hybridized carbons (Fsp3) is 0.348. The molecule has 33 heavy (non-hydrogen) atoms. The Morgan fingerprint density at radius 1 is 1.21 bits per heavy atom. The zero-order valence-electron chi connectivity index (χ0n) is 17.8. The summed E-state index contributed by atoms with van der Waals surface area (Å²) in [6.45, 7) is 0.166. The van der Waals surface area contributed by atoms with Crippen molar-refractivity contribution < 1.29 is 27.8 Å². The molecule has 10 heteroatoms. The quantitative estimate of drug-likeness (QED) is 0.636. The molecule has 0 atom stereocenters. The van der Waals surface area contributed by atoms with Crippen LogP contribution in [0.25, 0.3) is 0 Å². The number of aliphatic hydroxyl groups excluding tert-OH is 1. The number of alkyl halides is 3. The highest BCUT2D eigenvalue weighted by atomic mass is 19.4. The van der Waals surface area contributed by atoms with Gasteiger partial charge in [0, 0.05) is 30.1 Å². The van der Waals surface area contributed by atoms with E-state index in [-0.39, 0.29) is 28.7 Å². The van der Waals surface area contributed by atoms with Crippen molar-refractivity contribution in [2.45, 2.75) is 31.2 Å². The van der Waals surface area contributed by atoms with E-state index in [4.69, 9.17) is 4.74 Å². The zero-order chi connectivity index (χ0) is 23.4. The van der Waals surface area contributed by atoms with E-state index in [0.717, 1.165) is 17.5 Å². The summed E-state index contributed by atoms with van der Waals surface area (Å²) in [5, 5.41) is 17.5. The predicted octanol–water partition coefficient (Wildman–Crippen LogP) is 3.00. The maximum Gasteiger partial charge on any atom is 0.416 e. The Morgan fingerprint density at radius 3 is 2.61 bits per heavy atom. The van der Waals surface area contributed by atoms with Gasteiger partial charge in [-0.1, -0.05) is 12.1 Å². The normalized spacial score (nSPS) is 17.2. The molecule has 172 valence electrons. The summed E-state index contributed by atoms with van der Waals surface area (Å²) in [7, 11) is 1.86. The van der Waals surface area contributed by atoms with Gasteiger partial charge in [0.1, 0.15) is 12.2 Å². The zero-order valence-corrected chi connectivity index (χ0v) is 17.8. The number of aliphatic hydroxyl groups is 1. The fourth-order valence-corrected chi connectivity index (χ4v) is 4.51. The number of carbonyl (C=O) groups is 1. The van der Waals surface area contributed by atoms with Crippen LogP contribution in [0.1, 0.15) is 38.4 Å². The highest BCUT2D eigenvalue weighted by Crippen LogP contribution is 2.41. The second-order valence-corrected chi connectivity index (χ2v) is 8.57. The van der Waals surface area contributed by atoms with Gasteiger partial charge in [0.2, 0.25) is 0 Å². The third-order valence-electron chi connectivity index (χ3n) is 6.42. The molecular weight excluding hydrogens is 437 g/mol. The molecule has 0 spiro atoms. The number of aryl methyl sites for hydroxylation is 1. The van der Waals surface area contributed by atoms with Gasteiger partial charge in [-0.2, -0.15) is 13.2 Å². The SMILES string of the molecule is Cn1cnnc1CC1(c2cccc(N3Cc4c(cc(CO)cc4C(F)(F)F)C3=O)c2)COC1. The van der Waals surface area contributed by atoms with Crippen molar-refractivity contribution in [3.63, 3.8) is 0 Å². The van der Waals surface area contributed by atoms with Crippen LogP contribution < -0.4 is 4.90 Å². The molecule has 0 saturated carbocycles. The minimum Gasteiger partial charge on any atom is -0.392 e. The molecule has 1 N–H and O–H groups in total. The first-order valence-electron chi connectivity index (χ1n) is 10.4. The van der Waals surface area contributed by atoms with Gasteiger partial charge in [0.15, 0.2) is 0 Å². The van der Waals surface area contributed by atoms with E-state index >= 15 is 0 Å². The lowest BCUT2D eigenvalue weighted by Crippen LogP contribution is -2.49. The number of nitrogens with zero attached hydrogens (tertiary/aromatic N) is 4. The van der Waals surface area contributed by atoms with Crippen LogP contribution in [0.3, 0.4) is 0 Å². The van der Waals surface area contributed by atoms with E-state index in [9.17, 15) is 23.1 Å². The molecule has 0 radical (unpaired) electrons. The lowest BCUT2D eigenvalue weighted by Gasteiger charge is -2.42. The maximum absolute atomic E-state index is 13.7. The first-order valence-corrected chi connectivity index (χ1v) is 10.4. The van der Waals surface area contributed by atoms with Crippen LogP contribution in [-0.4, -0.2) is 39.0 Å². The van der Waals surface area contributed by atoms with E-state index < -0.39 is 24.3 Å². The average molecular weight is 458 g/mol. The Balaban J connectivity index is 1.50. The van der Waals surface area contributed by atoms with Crippen LogP contribution in [0.2, 0.25) is 0 Å². The lowest BCUT2D eigenvalue weighted by atomic mass is 9.75. The molecule has 1 amide bonds. The summed E-state index contributed by atoms with van der Waals surface area (Å²) >= 11 is 0. The molecule has 2 aliphatic heterocycles. The molecular formula is C23H21F3N4O3. The first-order chi connectivity index (χ1) is 15.7. The number of rotatable bonds is 5. The minimum atomic E-state index is -4.63. The number of halogens is 3. The van der Waals surface area contributed by atoms with Crippen molar-refractivity contribution in [1.29, 1.82) is 0 Å². The molecule has 1 aromatic heterocycles. The molecule has 3 heterocycles. The summed E-state index contributed by atoms with van der Waals surface area (Å²) in [5.41, 5.74) is 0.146. The summed E-state index contributed by atoms with van der Waals surface area (Å²) in [6.07, 6.45) is -2.42. The second kappa shape index (κ2) is 7.67. The van der Waals surface area contributed by atoms with Gasteiger partial charge in [-0.3, -0.25) is 4.79 Å². The number of aromatic nitrogens is 3. The molecule has 7 nitrogen and oxygen atoms in total. The molecule has 2 aliphatic rings. The minimum absolute atomic E-state index is 0.0277. The largest absolute Gasteiger partial charge is 0.416 e. The summed E-state index contributed by atoms with van der Waals surface area (Å²) < 4.78 is 48.3. The number of hydrogen-bond acceptors (Lipinski definition) is 5. The Bertz CT molecular complexity index is 1230. The van der Waals surface area contributed by atoms with Crippen LogP contribution in [0.4, 0.5) is 18.9 Å². The lowest BCUT2D eigenvalue weighted by molar-refractivity contribution is -0.138. The standard InChI is InChI=1S/C23H21F3N4O3/c1-29-13-27-28-20(29)8-22(11-33-12-22)15-3-2-4-16(7-15)30-9-18-17(21(30)32)5-14(10-31)6-19(18)23(24,25)26/h2-7,13,31H,8-12H2,1H3. The highest BCUT2D eigenvalue weighted by molar-refractivity contribution is 6.10. The monoisotopic (exact) mass is 458 g/mol. The van der Waals surface area contributed by atoms with Crippen molar-refractivity contribution in [2.24, 2.45) is 7.05 Å². The first kappa shape index (κ1) is 21.6. The van der Waals surface area contributed by atoms with Crippen LogP contribution in [0.5, 0.6) is 0 Å². The third kappa shape index (κ3) is 3.59. The molecule has 3 aromatic rings. The van der Waals surface area contributed by atoms with E-state index in [1.807, 2.05) is 23.7 Å². The van der Waals surface area contributed by atoms with Gasteiger partial charge in [-0.05, 0) is 41.0 Å². The van der Waals surface area contributed by atoms with Crippen molar-refractivity contribution in [2.75, 3.05) is 18.1 Å². The van der Waals surface area contributed by atoms with Gasteiger partial charge in [-0.25, -0.2) is 0 Å². The average Bonchev–Trinajstić information content (AvgIpc) is 3.32. The van der Waals surface area contributed by atoms with Crippen molar-refractivity contribution in [3.8, 4) is 0 Å². The number of ether oxygens (including phenoxy) is 1. The van der Waals surface area contributed by atoms with Gasteiger partial charge in [0.05, 0.1) is 31.9 Å². The summed E-state index contributed by atoms with van der Waals surface area (Å²) in [4.78, 5) is 14.5. The predicted molar refractivity (Wildman–Crippen MR) is 112 cm³/mol. The molecule has 0 bridgehead atoms. The number of amides is 1. The van der Waals surface area contributed by atoms with Crippen molar-refractivity contribution >= 4 is 11.6 Å². The number of anilines is 1. The Labute approximate surface area is 187 Å². The number of hydrogen-bond donors (Lipinski definition) is 1. The van der Waals surface area contributed by atoms with Crippen LogP contribution in [0, 0.1) is 0 Å². The van der Waals surface area contributed by atoms with Crippen molar-refractivity contribution in [3.05, 3.63) is 76.4 Å². The van der Waals surface area contributed by atoms with Gasteiger partial charge in [0.25, 0.3) is 5.91 Å². The maximum atomic E-state index is 13.7.